The first kappa shape index (κ1) is 13.5. The normalized spacial score (nSPS) is 28.8. The van der Waals surface area contributed by atoms with Crippen molar-refractivity contribution in [3.8, 4) is 0 Å². The zero-order valence-electron chi connectivity index (χ0n) is 10.9. The zero-order valence-corrected chi connectivity index (χ0v) is 10.9. The second-order valence-corrected chi connectivity index (χ2v) is 5.50. The fourth-order valence-corrected chi connectivity index (χ4v) is 2.36. The van der Waals surface area contributed by atoms with Crippen LogP contribution < -0.4 is 11.1 Å². The van der Waals surface area contributed by atoms with Crippen LogP contribution in [0.5, 0.6) is 0 Å². The molecule has 0 aromatic carbocycles. The van der Waals surface area contributed by atoms with Gasteiger partial charge in [0.1, 0.15) is 0 Å². The summed E-state index contributed by atoms with van der Waals surface area (Å²) >= 11 is 0. The van der Waals surface area contributed by atoms with E-state index in [1.807, 2.05) is 13.8 Å². The first-order valence-electron chi connectivity index (χ1n) is 6.52. The molecular weight excluding hydrogens is 200 g/mol. The molecule has 0 aromatic heterocycles. The highest BCUT2D eigenvalue weighted by Gasteiger charge is 2.31. The average Bonchev–Trinajstić information content (AvgIpc) is 2.70. The molecule has 3 unspecified atom stereocenters. The van der Waals surface area contributed by atoms with Crippen LogP contribution in [0.1, 0.15) is 46.5 Å². The van der Waals surface area contributed by atoms with Crippen molar-refractivity contribution in [1.29, 1.82) is 0 Å². The minimum absolute atomic E-state index is 0.122. The maximum Gasteiger partial charge on any atom is 0.227 e. The molecule has 1 aliphatic rings. The molecule has 1 aliphatic carbocycles. The van der Waals surface area contributed by atoms with Gasteiger partial charge in [-0.05, 0) is 31.6 Å². The van der Waals surface area contributed by atoms with Crippen LogP contribution in [0.4, 0.5) is 0 Å². The summed E-state index contributed by atoms with van der Waals surface area (Å²) in [5, 5.41) is 3.08. The van der Waals surface area contributed by atoms with Crippen LogP contribution in [0.15, 0.2) is 0 Å². The zero-order chi connectivity index (χ0) is 12.2. The van der Waals surface area contributed by atoms with E-state index < -0.39 is 0 Å². The molecule has 0 radical (unpaired) electrons. The topological polar surface area (TPSA) is 55.1 Å². The number of rotatable bonds is 5. The number of carbonyl (C=O) groups is 1. The van der Waals surface area contributed by atoms with E-state index in [4.69, 9.17) is 5.73 Å². The molecule has 3 N–H and O–H groups in total. The third-order valence-electron chi connectivity index (χ3n) is 4.34. The first-order valence-corrected chi connectivity index (χ1v) is 6.52. The number of hydrogen-bond donors (Lipinski definition) is 2. The molecule has 0 spiro atoms. The average molecular weight is 226 g/mol. The second-order valence-electron chi connectivity index (χ2n) is 5.50. The van der Waals surface area contributed by atoms with Crippen LogP contribution in [-0.2, 0) is 4.79 Å². The van der Waals surface area contributed by atoms with Crippen molar-refractivity contribution in [1.82, 2.24) is 5.32 Å². The van der Waals surface area contributed by atoms with E-state index in [2.05, 4.69) is 12.2 Å². The van der Waals surface area contributed by atoms with Crippen LogP contribution in [0.3, 0.4) is 0 Å². The predicted octanol–water partition coefficient (Wildman–Crippen LogP) is 1.91. The van der Waals surface area contributed by atoms with Crippen molar-refractivity contribution >= 4 is 5.91 Å². The van der Waals surface area contributed by atoms with Crippen LogP contribution in [-0.4, -0.2) is 19.0 Å². The number of nitrogens with one attached hydrogen (secondary N) is 1. The minimum atomic E-state index is -0.387. The molecule has 3 atom stereocenters. The van der Waals surface area contributed by atoms with E-state index in [9.17, 15) is 4.79 Å². The van der Waals surface area contributed by atoms with E-state index in [0.29, 0.717) is 12.5 Å². The largest absolute Gasteiger partial charge is 0.355 e. The number of nitrogens with two attached hydrogens (primary N) is 1. The minimum Gasteiger partial charge on any atom is -0.355 e. The van der Waals surface area contributed by atoms with Gasteiger partial charge in [0, 0.05) is 13.1 Å². The fraction of sp³-hybridized carbons (Fsp3) is 0.923. The van der Waals surface area contributed by atoms with Gasteiger partial charge in [0.2, 0.25) is 5.91 Å². The summed E-state index contributed by atoms with van der Waals surface area (Å²) in [7, 11) is 0. The Balaban J connectivity index is 2.40. The van der Waals surface area contributed by atoms with E-state index in [0.717, 1.165) is 18.9 Å². The Labute approximate surface area is 99.2 Å². The summed E-state index contributed by atoms with van der Waals surface area (Å²) in [5.74, 6) is 1.55. The predicted molar refractivity (Wildman–Crippen MR) is 67.0 cm³/mol. The molecule has 3 heteroatoms. The lowest BCUT2D eigenvalue weighted by molar-refractivity contribution is -0.130. The van der Waals surface area contributed by atoms with Crippen LogP contribution in [0.25, 0.3) is 0 Å². The Hall–Kier alpha value is -0.570. The van der Waals surface area contributed by atoms with Crippen LogP contribution in [0, 0.1) is 17.3 Å². The molecular formula is C13H26N2O. The Kier molecular flexibility index (Phi) is 4.78. The van der Waals surface area contributed by atoms with E-state index >= 15 is 0 Å². The summed E-state index contributed by atoms with van der Waals surface area (Å²) in [6.45, 7) is 7.50. The molecule has 1 saturated carbocycles. The SMILES string of the molecule is CCC(C)(CN)C(=O)NCC1CCCC1C. The standard InChI is InChI=1S/C13H26N2O/c1-4-13(3,9-14)12(16)15-8-11-7-5-6-10(11)2/h10-11H,4-9,14H2,1-3H3,(H,15,16). The molecule has 94 valence electrons. The van der Waals surface area contributed by atoms with Gasteiger partial charge < -0.3 is 11.1 Å². The maximum atomic E-state index is 12.0. The highest BCUT2D eigenvalue weighted by molar-refractivity contribution is 5.82. The molecule has 1 amide bonds. The quantitative estimate of drug-likeness (QED) is 0.752. The van der Waals surface area contributed by atoms with Gasteiger partial charge in [-0.3, -0.25) is 4.79 Å². The summed E-state index contributed by atoms with van der Waals surface area (Å²) in [6, 6.07) is 0. The van der Waals surface area contributed by atoms with E-state index in [1.165, 1.54) is 19.3 Å². The number of hydrogen-bond acceptors (Lipinski definition) is 2. The van der Waals surface area contributed by atoms with Crippen molar-refractivity contribution in [3.05, 3.63) is 0 Å². The summed E-state index contributed by atoms with van der Waals surface area (Å²) in [6.07, 6.45) is 4.68. The molecule has 0 aliphatic heterocycles. The van der Waals surface area contributed by atoms with Crippen molar-refractivity contribution in [3.63, 3.8) is 0 Å². The fourth-order valence-electron chi connectivity index (χ4n) is 2.36. The van der Waals surface area contributed by atoms with E-state index in [1.54, 1.807) is 0 Å². The Bertz CT molecular complexity index is 236. The first-order chi connectivity index (χ1) is 7.53. The van der Waals surface area contributed by atoms with Gasteiger partial charge in [-0.15, -0.1) is 0 Å². The molecule has 0 heterocycles. The molecule has 3 nitrogen and oxygen atoms in total. The van der Waals surface area contributed by atoms with Gasteiger partial charge in [-0.1, -0.05) is 26.7 Å². The van der Waals surface area contributed by atoms with Gasteiger partial charge >= 0.3 is 0 Å². The van der Waals surface area contributed by atoms with Crippen LogP contribution in [0.2, 0.25) is 0 Å². The summed E-state index contributed by atoms with van der Waals surface area (Å²) in [4.78, 5) is 12.0. The van der Waals surface area contributed by atoms with Crippen molar-refractivity contribution in [2.75, 3.05) is 13.1 Å². The monoisotopic (exact) mass is 226 g/mol. The molecule has 16 heavy (non-hydrogen) atoms. The van der Waals surface area contributed by atoms with E-state index in [-0.39, 0.29) is 11.3 Å². The molecule has 1 rings (SSSR count). The van der Waals surface area contributed by atoms with Gasteiger partial charge in [0.25, 0.3) is 0 Å². The van der Waals surface area contributed by atoms with Gasteiger partial charge in [0.05, 0.1) is 5.41 Å². The maximum absolute atomic E-state index is 12.0. The van der Waals surface area contributed by atoms with Gasteiger partial charge in [0.15, 0.2) is 0 Å². The highest BCUT2D eigenvalue weighted by Crippen LogP contribution is 2.30. The lowest BCUT2D eigenvalue weighted by Crippen LogP contribution is -2.45. The number of carbonyl (C=O) groups excluding carboxylic acids is 1. The smallest absolute Gasteiger partial charge is 0.227 e. The van der Waals surface area contributed by atoms with Crippen molar-refractivity contribution < 1.29 is 4.79 Å². The Morgan fingerprint density at radius 3 is 2.62 bits per heavy atom. The summed E-state index contributed by atoms with van der Waals surface area (Å²) in [5.41, 5.74) is 5.28. The van der Waals surface area contributed by atoms with Crippen LogP contribution >= 0.6 is 0 Å². The number of amides is 1. The molecule has 0 bridgehead atoms. The van der Waals surface area contributed by atoms with Crippen molar-refractivity contribution in [2.45, 2.75) is 46.5 Å². The second kappa shape index (κ2) is 5.67. The third-order valence-corrected chi connectivity index (χ3v) is 4.34. The molecule has 0 aromatic rings. The lowest BCUT2D eigenvalue weighted by Gasteiger charge is -2.26. The molecule has 0 saturated heterocycles. The lowest BCUT2D eigenvalue weighted by atomic mass is 9.86. The van der Waals surface area contributed by atoms with Crippen molar-refractivity contribution in [2.24, 2.45) is 23.0 Å². The van der Waals surface area contributed by atoms with Gasteiger partial charge in [-0.25, -0.2) is 0 Å². The Morgan fingerprint density at radius 2 is 2.19 bits per heavy atom. The Morgan fingerprint density at radius 1 is 1.50 bits per heavy atom. The third kappa shape index (κ3) is 2.97. The summed E-state index contributed by atoms with van der Waals surface area (Å²) < 4.78 is 0. The highest BCUT2D eigenvalue weighted by atomic mass is 16.2. The van der Waals surface area contributed by atoms with Gasteiger partial charge in [-0.2, -0.15) is 0 Å². The molecule has 1 fully saturated rings.